The summed E-state index contributed by atoms with van der Waals surface area (Å²) < 4.78 is 0.873. The molecule has 0 spiro atoms. The first-order valence-corrected chi connectivity index (χ1v) is 3.58. The van der Waals surface area contributed by atoms with Gasteiger partial charge in [-0.3, -0.25) is 0 Å². The second-order valence-electron chi connectivity index (χ2n) is 1.67. The van der Waals surface area contributed by atoms with E-state index in [1.54, 1.807) is 12.1 Å². The highest BCUT2D eigenvalue weighted by molar-refractivity contribution is 9.10. The Balaban J connectivity index is 0.000000810. The number of benzene rings is 1. The molecule has 0 unspecified atom stereocenters. The molecule has 0 saturated carbocycles. The lowest BCUT2D eigenvalue weighted by Gasteiger charge is -1.94. The molecule has 0 aromatic heterocycles. The summed E-state index contributed by atoms with van der Waals surface area (Å²) in [7, 11) is 0. The molecule has 1 aromatic carbocycles. The van der Waals surface area contributed by atoms with Gasteiger partial charge < -0.3 is 5.73 Å². The van der Waals surface area contributed by atoms with Gasteiger partial charge in [0.1, 0.15) is 0 Å². The molecule has 1 rings (SSSR count). The van der Waals surface area contributed by atoms with Gasteiger partial charge >= 0.3 is 0 Å². The average Bonchev–Trinajstić information content (AvgIpc) is 1.80. The highest BCUT2D eigenvalue weighted by Crippen LogP contribution is 2.23. The molecule has 0 aliphatic heterocycles. The molecule has 1 nitrogen and oxygen atoms in total. The number of hydrogen-bond acceptors (Lipinski definition) is 1. The van der Waals surface area contributed by atoms with E-state index in [9.17, 15) is 0 Å². The van der Waals surface area contributed by atoms with Gasteiger partial charge in [0.2, 0.25) is 0 Å². The molecule has 0 aliphatic rings. The molecule has 0 bridgehead atoms. The van der Waals surface area contributed by atoms with Crippen LogP contribution in [0.4, 0.5) is 5.69 Å². The number of hydrogen-bond donors (Lipinski definition) is 1. The predicted molar refractivity (Wildman–Crippen MR) is 50.8 cm³/mol. The molecule has 10 heavy (non-hydrogen) atoms. The molecular formula is C6H6BrCl2N. The van der Waals surface area contributed by atoms with Crippen molar-refractivity contribution in [3.8, 4) is 0 Å². The van der Waals surface area contributed by atoms with Gasteiger partial charge in [0.15, 0.2) is 0 Å². The van der Waals surface area contributed by atoms with Gasteiger partial charge in [0.05, 0.1) is 5.02 Å². The van der Waals surface area contributed by atoms with Gasteiger partial charge in [-0.2, -0.15) is 0 Å². The van der Waals surface area contributed by atoms with E-state index < -0.39 is 0 Å². The highest BCUT2D eigenvalue weighted by atomic mass is 79.9. The van der Waals surface area contributed by atoms with Crippen LogP contribution in [0.2, 0.25) is 5.02 Å². The molecular weight excluding hydrogens is 237 g/mol. The monoisotopic (exact) mass is 241 g/mol. The summed E-state index contributed by atoms with van der Waals surface area (Å²) >= 11 is 8.93. The Morgan fingerprint density at radius 1 is 1.40 bits per heavy atom. The van der Waals surface area contributed by atoms with Crippen LogP contribution >= 0.6 is 39.9 Å². The van der Waals surface area contributed by atoms with E-state index in [-0.39, 0.29) is 12.4 Å². The van der Waals surface area contributed by atoms with Gasteiger partial charge in [0.25, 0.3) is 0 Å². The number of nitrogens with two attached hydrogens (primary N) is 1. The zero-order valence-corrected chi connectivity index (χ0v) is 8.13. The topological polar surface area (TPSA) is 26.0 Å². The largest absolute Gasteiger partial charge is 0.399 e. The molecule has 2 N–H and O–H groups in total. The van der Waals surface area contributed by atoms with Gasteiger partial charge in [-0.25, -0.2) is 0 Å². The molecule has 0 heterocycles. The first-order valence-electron chi connectivity index (χ1n) is 2.40. The summed E-state index contributed by atoms with van der Waals surface area (Å²) in [5.74, 6) is 0. The summed E-state index contributed by atoms with van der Waals surface area (Å²) in [5.41, 5.74) is 6.11. The van der Waals surface area contributed by atoms with E-state index in [0.29, 0.717) is 10.7 Å². The molecule has 0 aliphatic carbocycles. The lowest BCUT2D eigenvalue weighted by Crippen LogP contribution is -1.82. The van der Waals surface area contributed by atoms with Crippen molar-refractivity contribution >= 4 is 45.6 Å². The third kappa shape index (κ3) is 2.37. The fraction of sp³-hybridized carbons (Fsp3) is 0. The van der Waals surface area contributed by atoms with Crippen molar-refractivity contribution in [3.05, 3.63) is 27.7 Å². The highest BCUT2D eigenvalue weighted by Gasteiger charge is 1.93. The van der Waals surface area contributed by atoms with E-state index in [1.807, 2.05) is 6.07 Å². The van der Waals surface area contributed by atoms with Crippen LogP contribution in [0.15, 0.2) is 22.7 Å². The maximum Gasteiger partial charge on any atom is 0.0568 e. The lowest BCUT2D eigenvalue weighted by atomic mass is 10.3. The predicted octanol–water partition coefficient (Wildman–Crippen LogP) is 3.11. The van der Waals surface area contributed by atoms with Crippen LogP contribution < -0.4 is 5.73 Å². The number of nitrogen functional groups attached to an aromatic ring is 1. The normalized spacial score (nSPS) is 8.60. The quantitative estimate of drug-likeness (QED) is 0.696. The van der Waals surface area contributed by atoms with Crippen molar-refractivity contribution in [2.24, 2.45) is 0 Å². The molecule has 0 saturated heterocycles. The number of rotatable bonds is 0. The van der Waals surface area contributed by atoms with Crippen molar-refractivity contribution in [2.75, 3.05) is 5.73 Å². The third-order valence-electron chi connectivity index (χ3n) is 0.944. The summed E-state index contributed by atoms with van der Waals surface area (Å²) in [6.07, 6.45) is 0. The van der Waals surface area contributed by atoms with Crippen LogP contribution in [0.3, 0.4) is 0 Å². The second-order valence-corrected chi connectivity index (χ2v) is 2.94. The lowest BCUT2D eigenvalue weighted by molar-refractivity contribution is 1.64. The summed E-state index contributed by atoms with van der Waals surface area (Å²) in [5, 5.41) is 0.648. The molecule has 56 valence electrons. The van der Waals surface area contributed by atoms with Crippen LogP contribution in [0.5, 0.6) is 0 Å². The van der Waals surface area contributed by atoms with Crippen LogP contribution in [0.25, 0.3) is 0 Å². The molecule has 4 heteroatoms. The minimum Gasteiger partial charge on any atom is -0.399 e. The van der Waals surface area contributed by atoms with Crippen molar-refractivity contribution in [1.29, 1.82) is 0 Å². The molecule has 0 amide bonds. The first kappa shape index (κ1) is 10.1. The smallest absolute Gasteiger partial charge is 0.0568 e. The SMILES string of the molecule is Cl.Nc1ccc(Br)c(Cl)c1. The second kappa shape index (κ2) is 4.06. The summed E-state index contributed by atoms with van der Waals surface area (Å²) in [6.45, 7) is 0. The fourth-order valence-electron chi connectivity index (χ4n) is 0.512. The molecule has 0 fully saturated rings. The molecule has 0 atom stereocenters. The van der Waals surface area contributed by atoms with Crippen molar-refractivity contribution in [1.82, 2.24) is 0 Å². The maximum absolute atomic E-state index is 5.69. The van der Waals surface area contributed by atoms with Crippen molar-refractivity contribution < 1.29 is 0 Å². The third-order valence-corrected chi connectivity index (χ3v) is 2.18. The number of halogens is 3. The Kier molecular flexibility index (Phi) is 4.09. The van der Waals surface area contributed by atoms with E-state index in [1.165, 1.54) is 0 Å². The van der Waals surface area contributed by atoms with Gasteiger partial charge in [-0.05, 0) is 34.1 Å². The Labute approximate surface area is 79.1 Å². The summed E-state index contributed by atoms with van der Waals surface area (Å²) in [4.78, 5) is 0. The average molecular weight is 243 g/mol. The van der Waals surface area contributed by atoms with Gasteiger partial charge in [-0.15, -0.1) is 12.4 Å². The Morgan fingerprint density at radius 2 is 2.00 bits per heavy atom. The minimum absolute atomic E-state index is 0. The zero-order valence-electron chi connectivity index (χ0n) is 4.97. The summed E-state index contributed by atoms with van der Waals surface area (Å²) in [6, 6.07) is 5.30. The van der Waals surface area contributed by atoms with E-state index >= 15 is 0 Å². The van der Waals surface area contributed by atoms with Crippen molar-refractivity contribution in [2.45, 2.75) is 0 Å². The first-order chi connectivity index (χ1) is 4.20. The Bertz CT molecular complexity index is 227. The zero-order chi connectivity index (χ0) is 6.85. The van der Waals surface area contributed by atoms with Crippen LogP contribution in [-0.4, -0.2) is 0 Å². The standard InChI is InChI=1S/C6H5BrClN.ClH/c7-5-2-1-4(9)3-6(5)8;/h1-3H,9H2;1H. The number of anilines is 1. The van der Waals surface area contributed by atoms with Crippen LogP contribution in [-0.2, 0) is 0 Å². The Hall–Kier alpha value is 0.0800. The van der Waals surface area contributed by atoms with Gasteiger partial charge in [0, 0.05) is 10.2 Å². The van der Waals surface area contributed by atoms with E-state index in [4.69, 9.17) is 17.3 Å². The molecule has 1 aromatic rings. The van der Waals surface area contributed by atoms with Crippen molar-refractivity contribution in [3.63, 3.8) is 0 Å². The van der Waals surface area contributed by atoms with E-state index in [0.717, 1.165) is 4.47 Å². The van der Waals surface area contributed by atoms with Crippen LogP contribution in [0, 0.1) is 0 Å². The minimum atomic E-state index is 0. The molecule has 0 radical (unpaired) electrons. The van der Waals surface area contributed by atoms with E-state index in [2.05, 4.69) is 15.9 Å². The van der Waals surface area contributed by atoms with Gasteiger partial charge in [-0.1, -0.05) is 11.6 Å². The maximum atomic E-state index is 5.69. The van der Waals surface area contributed by atoms with Crippen LogP contribution in [0.1, 0.15) is 0 Å². The Morgan fingerprint density at radius 3 is 2.40 bits per heavy atom. The fourth-order valence-corrected chi connectivity index (χ4v) is 0.948.